The summed E-state index contributed by atoms with van der Waals surface area (Å²) in [6.07, 6.45) is 3.37. The third-order valence-corrected chi connectivity index (χ3v) is 6.62. The number of hydrogen-bond donors (Lipinski definition) is 0. The maximum absolute atomic E-state index is 13.4. The van der Waals surface area contributed by atoms with Gasteiger partial charge in [0.1, 0.15) is 12.4 Å². The highest BCUT2D eigenvalue weighted by molar-refractivity contribution is 5.82. The fourth-order valence-electron chi connectivity index (χ4n) is 4.96. The van der Waals surface area contributed by atoms with E-state index in [1.807, 2.05) is 30.3 Å². The van der Waals surface area contributed by atoms with Gasteiger partial charge in [0.2, 0.25) is 5.91 Å². The van der Waals surface area contributed by atoms with E-state index in [4.69, 9.17) is 4.98 Å². The molecule has 1 unspecified atom stereocenters. The molecule has 1 aliphatic rings. The van der Waals surface area contributed by atoms with E-state index in [1.54, 1.807) is 0 Å². The summed E-state index contributed by atoms with van der Waals surface area (Å²) in [7, 11) is 0. The standard InChI is InChI=1S/C28H29N3O/c1-21-12-10-11-19-30(21)26(32)20-31-25-18-9-8-17-24(25)29-28(31)27(22-13-4-2-5-14-22)23-15-6-3-7-16-23/h2-9,13-18,21,27H,10-12,19-20H2,1H3. The Bertz CT molecular complexity index is 1160. The lowest BCUT2D eigenvalue weighted by atomic mass is 9.90. The minimum atomic E-state index is -0.0450. The smallest absolute Gasteiger partial charge is 0.242 e. The molecule has 0 bridgehead atoms. The summed E-state index contributed by atoms with van der Waals surface area (Å²) in [5.41, 5.74) is 4.29. The second-order valence-electron chi connectivity index (χ2n) is 8.73. The van der Waals surface area contributed by atoms with Gasteiger partial charge in [0.25, 0.3) is 0 Å². The average Bonchev–Trinajstić information content (AvgIpc) is 3.19. The molecule has 4 heteroatoms. The molecule has 0 spiro atoms. The molecule has 0 saturated carbocycles. The third kappa shape index (κ3) is 3.93. The largest absolute Gasteiger partial charge is 0.338 e. The first-order chi connectivity index (χ1) is 15.7. The molecule has 4 aromatic rings. The van der Waals surface area contributed by atoms with E-state index in [0.717, 1.165) is 36.2 Å². The highest BCUT2D eigenvalue weighted by atomic mass is 16.2. The summed E-state index contributed by atoms with van der Waals surface area (Å²) in [5, 5.41) is 0. The van der Waals surface area contributed by atoms with Crippen LogP contribution in [0.1, 0.15) is 49.1 Å². The summed E-state index contributed by atoms with van der Waals surface area (Å²) in [6, 6.07) is 29.4. The highest BCUT2D eigenvalue weighted by Crippen LogP contribution is 2.33. The van der Waals surface area contributed by atoms with Crippen molar-refractivity contribution in [2.75, 3.05) is 6.54 Å². The minimum Gasteiger partial charge on any atom is -0.338 e. The van der Waals surface area contributed by atoms with Gasteiger partial charge in [0.15, 0.2) is 0 Å². The Hall–Kier alpha value is -3.40. The van der Waals surface area contributed by atoms with Gasteiger partial charge in [0.05, 0.1) is 17.0 Å². The van der Waals surface area contributed by atoms with Crippen molar-refractivity contribution < 1.29 is 4.79 Å². The molecule has 2 heterocycles. The Morgan fingerprint density at radius 1 is 0.906 bits per heavy atom. The first kappa shape index (κ1) is 20.5. The maximum atomic E-state index is 13.4. The van der Waals surface area contributed by atoms with Crippen molar-refractivity contribution in [1.82, 2.24) is 14.5 Å². The topological polar surface area (TPSA) is 38.1 Å². The van der Waals surface area contributed by atoms with Crippen LogP contribution < -0.4 is 0 Å². The molecule has 0 aliphatic carbocycles. The van der Waals surface area contributed by atoms with Crippen molar-refractivity contribution in [2.24, 2.45) is 0 Å². The normalized spacial score (nSPS) is 16.6. The van der Waals surface area contributed by atoms with E-state index in [0.29, 0.717) is 12.6 Å². The van der Waals surface area contributed by atoms with Crippen LogP contribution in [-0.4, -0.2) is 32.9 Å². The molecule has 1 amide bonds. The second-order valence-corrected chi connectivity index (χ2v) is 8.73. The zero-order valence-electron chi connectivity index (χ0n) is 18.5. The molecule has 1 aliphatic heterocycles. The van der Waals surface area contributed by atoms with Crippen LogP contribution in [0.5, 0.6) is 0 Å². The van der Waals surface area contributed by atoms with Crippen molar-refractivity contribution in [2.45, 2.75) is 44.7 Å². The monoisotopic (exact) mass is 423 g/mol. The lowest BCUT2D eigenvalue weighted by Gasteiger charge is -2.34. The molecule has 0 N–H and O–H groups in total. The quantitative estimate of drug-likeness (QED) is 0.418. The predicted octanol–water partition coefficient (Wildman–Crippen LogP) is 5.62. The van der Waals surface area contributed by atoms with Crippen molar-refractivity contribution in [3.8, 4) is 0 Å². The Labute approximate surface area is 189 Å². The van der Waals surface area contributed by atoms with Gasteiger partial charge in [-0.1, -0.05) is 72.8 Å². The van der Waals surface area contributed by atoms with Crippen molar-refractivity contribution in [1.29, 1.82) is 0 Å². The number of aromatic nitrogens is 2. The molecule has 0 radical (unpaired) electrons. The van der Waals surface area contributed by atoms with Crippen LogP contribution in [0.2, 0.25) is 0 Å². The van der Waals surface area contributed by atoms with Gasteiger partial charge in [0, 0.05) is 12.6 Å². The number of piperidine rings is 1. The number of likely N-dealkylation sites (tertiary alicyclic amines) is 1. The number of para-hydroxylation sites is 2. The molecular formula is C28H29N3O. The lowest BCUT2D eigenvalue weighted by Crippen LogP contribution is -2.43. The van der Waals surface area contributed by atoms with Gasteiger partial charge in [-0.25, -0.2) is 4.98 Å². The van der Waals surface area contributed by atoms with Crippen LogP contribution in [0.3, 0.4) is 0 Å². The van der Waals surface area contributed by atoms with Gasteiger partial charge in [-0.15, -0.1) is 0 Å². The van der Waals surface area contributed by atoms with Gasteiger partial charge in [-0.2, -0.15) is 0 Å². The number of amides is 1. The Kier molecular flexibility index (Phi) is 5.76. The van der Waals surface area contributed by atoms with Gasteiger partial charge in [-0.3, -0.25) is 4.79 Å². The van der Waals surface area contributed by atoms with E-state index >= 15 is 0 Å². The molecular weight excluding hydrogens is 394 g/mol. The van der Waals surface area contributed by atoms with E-state index in [1.165, 1.54) is 17.5 Å². The van der Waals surface area contributed by atoms with Gasteiger partial charge < -0.3 is 9.47 Å². The number of carbonyl (C=O) groups is 1. The Morgan fingerprint density at radius 3 is 2.19 bits per heavy atom. The molecule has 32 heavy (non-hydrogen) atoms. The second kappa shape index (κ2) is 8.99. The van der Waals surface area contributed by atoms with Crippen LogP contribution in [0.4, 0.5) is 0 Å². The Balaban J connectivity index is 1.63. The van der Waals surface area contributed by atoms with Gasteiger partial charge in [-0.05, 0) is 49.4 Å². The summed E-state index contributed by atoms with van der Waals surface area (Å²) in [5.74, 6) is 1.06. The first-order valence-corrected chi connectivity index (χ1v) is 11.6. The minimum absolute atomic E-state index is 0.0450. The molecule has 4 nitrogen and oxygen atoms in total. The lowest BCUT2D eigenvalue weighted by molar-refractivity contribution is -0.135. The fraction of sp³-hybridized carbons (Fsp3) is 0.286. The predicted molar refractivity (Wildman–Crippen MR) is 129 cm³/mol. The number of carbonyl (C=O) groups excluding carboxylic acids is 1. The van der Waals surface area contributed by atoms with Crippen LogP contribution >= 0.6 is 0 Å². The van der Waals surface area contributed by atoms with E-state index in [2.05, 4.69) is 71.0 Å². The molecule has 1 fully saturated rings. The summed E-state index contributed by atoms with van der Waals surface area (Å²) in [4.78, 5) is 20.6. The number of benzene rings is 3. The van der Waals surface area contributed by atoms with Crippen molar-refractivity contribution >= 4 is 16.9 Å². The first-order valence-electron chi connectivity index (χ1n) is 11.6. The zero-order valence-corrected chi connectivity index (χ0v) is 18.5. The number of fused-ring (bicyclic) bond motifs is 1. The average molecular weight is 424 g/mol. The molecule has 1 atom stereocenters. The highest BCUT2D eigenvalue weighted by Gasteiger charge is 2.28. The van der Waals surface area contributed by atoms with E-state index < -0.39 is 0 Å². The molecule has 1 aromatic heterocycles. The molecule has 162 valence electrons. The molecule has 3 aromatic carbocycles. The van der Waals surface area contributed by atoms with Crippen LogP contribution in [-0.2, 0) is 11.3 Å². The summed E-state index contributed by atoms with van der Waals surface area (Å²) < 4.78 is 2.14. The zero-order chi connectivity index (χ0) is 21.9. The Morgan fingerprint density at radius 2 is 1.53 bits per heavy atom. The number of nitrogens with zero attached hydrogens (tertiary/aromatic N) is 3. The number of imidazole rings is 1. The van der Waals surface area contributed by atoms with Crippen LogP contribution in [0, 0.1) is 0 Å². The fourth-order valence-corrected chi connectivity index (χ4v) is 4.96. The van der Waals surface area contributed by atoms with Crippen molar-refractivity contribution in [3.63, 3.8) is 0 Å². The van der Waals surface area contributed by atoms with Crippen LogP contribution in [0.25, 0.3) is 11.0 Å². The number of hydrogen-bond acceptors (Lipinski definition) is 2. The molecule has 5 rings (SSSR count). The summed E-state index contributed by atoms with van der Waals surface area (Å²) in [6.45, 7) is 3.33. The van der Waals surface area contributed by atoms with E-state index in [-0.39, 0.29) is 11.8 Å². The SMILES string of the molecule is CC1CCCCN1C(=O)Cn1c(C(c2ccccc2)c2ccccc2)nc2ccccc21. The summed E-state index contributed by atoms with van der Waals surface area (Å²) >= 11 is 0. The van der Waals surface area contributed by atoms with Crippen LogP contribution in [0.15, 0.2) is 84.9 Å². The third-order valence-electron chi connectivity index (χ3n) is 6.62. The maximum Gasteiger partial charge on any atom is 0.242 e. The molecule has 1 saturated heterocycles. The van der Waals surface area contributed by atoms with Gasteiger partial charge >= 0.3 is 0 Å². The number of rotatable bonds is 5. The van der Waals surface area contributed by atoms with E-state index in [9.17, 15) is 4.79 Å². The van der Waals surface area contributed by atoms with Crippen molar-refractivity contribution in [3.05, 3.63) is 102 Å².